The van der Waals surface area contributed by atoms with Gasteiger partial charge in [-0.3, -0.25) is 13.8 Å². The molecular formula is C21H40O8S12. The molecule has 2 N–H and O–H groups in total. The third-order valence-electron chi connectivity index (χ3n) is 3.63. The van der Waals surface area contributed by atoms with Crippen LogP contribution in [0.4, 0.5) is 0 Å². The first-order valence-electron chi connectivity index (χ1n) is 12.0. The second-order valence-electron chi connectivity index (χ2n) is 6.75. The second-order valence-corrected chi connectivity index (χ2v) is 22.2. The van der Waals surface area contributed by atoms with Gasteiger partial charge < -0.3 is 14.9 Å². The van der Waals surface area contributed by atoms with E-state index in [9.17, 15) is 13.8 Å². The van der Waals surface area contributed by atoms with E-state index in [1.165, 1.54) is 47.0 Å². The molecule has 0 bridgehead atoms. The molecule has 1 atom stereocenters. The summed E-state index contributed by atoms with van der Waals surface area (Å²) in [5, 5.41) is 22.9. The van der Waals surface area contributed by atoms with Crippen LogP contribution in [0.1, 0.15) is 0 Å². The van der Waals surface area contributed by atoms with Crippen LogP contribution in [0.15, 0.2) is 0 Å². The van der Waals surface area contributed by atoms with E-state index in [2.05, 4.69) is 0 Å². The quantitative estimate of drug-likeness (QED) is 0.0289. The van der Waals surface area contributed by atoms with Gasteiger partial charge in [0, 0.05) is 70.1 Å². The van der Waals surface area contributed by atoms with Gasteiger partial charge in [0.1, 0.15) is 6.61 Å². The molecule has 0 amide bonds. The summed E-state index contributed by atoms with van der Waals surface area (Å²) in [6.45, 7) is 1.45. The molecule has 0 fully saturated rings. The Morgan fingerprint density at radius 2 is 1.12 bits per heavy atom. The number of ether oxygens (including phenoxy) is 1. The lowest BCUT2D eigenvalue weighted by molar-refractivity contribution is -0.285. The highest BCUT2D eigenvalue weighted by Gasteiger charge is 2.06. The summed E-state index contributed by atoms with van der Waals surface area (Å²) in [6.07, 6.45) is 0. The Morgan fingerprint density at radius 3 is 1.76 bits per heavy atom. The van der Waals surface area contributed by atoms with Crippen LogP contribution in [0, 0.1) is 0 Å². The monoisotopic (exact) mass is 804 g/mol. The van der Waals surface area contributed by atoms with Crippen LogP contribution >= 0.6 is 129 Å². The largest absolute Gasteiger partial charge is 0.464 e. The maximum absolute atomic E-state index is 12.1. The lowest BCUT2D eigenvalue weighted by atomic mass is 10.8. The first-order chi connectivity index (χ1) is 20.1. The maximum Gasteiger partial charge on any atom is 0.315 e. The van der Waals surface area contributed by atoms with Crippen molar-refractivity contribution >= 4 is 151 Å². The lowest BCUT2D eigenvalue weighted by Crippen LogP contribution is -2.10. The van der Waals surface area contributed by atoms with E-state index in [1.807, 2.05) is 0 Å². The minimum absolute atomic E-state index is 0.111. The van der Waals surface area contributed by atoms with Gasteiger partial charge in [-0.2, -0.15) is 11.8 Å². The van der Waals surface area contributed by atoms with Crippen LogP contribution in [-0.4, -0.2) is 133 Å². The average molecular weight is 805 g/mol. The molecule has 0 aromatic carbocycles. The molecule has 0 saturated heterocycles. The predicted molar refractivity (Wildman–Crippen MR) is 202 cm³/mol. The zero-order valence-electron chi connectivity index (χ0n) is 22.7. The molecule has 8 nitrogen and oxygen atoms in total. The smallest absolute Gasteiger partial charge is 0.315 e. The Labute approximate surface area is 294 Å². The predicted octanol–water partition coefficient (Wildman–Crippen LogP) is 5.42. The first-order valence-corrected chi connectivity index (χ1v) is 26.0. The molecule has 0 aromatic heterocycles. The van der Waals surface area contributed by atoms with Crippen molar-refractivity contribution in [3.05, 3.63) is 0 Å². The van der Waals surface area contributed by atoms with Crippen LogP contribution < -0.4 is 0 Å². The average Bonchev–Trinajstić information content (AvgIpc) is 2.96. The molecule has 0 rings (SSSR count). The molecule has 0 aliphatic rings. The van der Waals surface area contributed by atoms with Crippen LogP contribution in [0.5, 0.6) is 0 Å². The zero-order valence-corrected chi connectivity index (χ0v) is 32.5. The number of aliphatic hydroxyl groups is 2. The molecule has 0 heterocycles. The van der Waals surface area contributed by atoms with E-state index in [4.69, 9.17) is 24.7 Å². The van der Waals surface area contributed by atoms with Gasteiger partial charge in [0.2, 0.25) is 0 Å². The lowest BCUT2D eigenvalue weighted by Gasteiger charge is -2.05. The Hall–Kier alpha value is 2.98. The van der Waals surface area contributed by atoms with Crippen molar-refractivity contribution < 1.29 is 38.5 Å². The zero-order chi connectivity index (χ0) is 30.1. The summed E-state index contributed by atoms with van der Waals surface area (Å²) >= 11 is 17.4. The van der Waals surface area contributed by atoms with Crippen LogP contribution in [0.3, 0.4) is 0 Å². The Kier molecular flexibility index (Phi) is 40.2. The van der Waals surface area contributed by atoms with E-state index in [-0.39, 0.29) is 23.0 Å². The highest BCUT2D eigenvalue weighted by Crippen LogP contribution is 2.22. The molecule has 20 heteroatoms. The number of esters is 1. The fourth-order valence-corrected chi connectivity index (χ4v) is 14.1. The van der Waals surface area contributed by atoms with E-state index >= 15 is 0 Å². The number of carbonyl (C=O) groups excluding carboxylic acids is 2. The van der Waals surface area contributed by atoms with Crippen molar-refractivity contribution in [2.75, 3.05) is 108 Å². The molecule has 1 unspecified atom stereocenters. The first kappa shape index (κ1) is 44.0. The minimum atomic E-state index is -0.866. The van der Waals surface area contributed by atoms with Gasteiger partial charge in [0.05, 0.1) is 41.7 Å². The topological polar surface area (TPSA) is 119 Å². The van der Waals surface area contributed by atoms with E-state index < -0.39 is 10.8 Å². The Bertz CT molecular complexity index is 627. The number of rotatable bonds is 33. The van der Waals surface area contributed by atoms with Gasteiger partial charge in [-0.05, 0) is 0 Å². The number of thioether (sulfide) groups is 11. The number of carbonyl (C=O) groups is 2. The highest BCUT2D eigenvalue weighted by molar-refractivity contribution is 8.29. The fraction of sp³-hybridized carbons (Fsp3) is 0.905. The normalized spacial score (nSPS) is 12.0. The third-order valence-corrected chi connectivity index (χ3v) is 17.8. The fourth-order valence-electron chi connectivity index (χ4n) is 1.94. The van der Waals surface area contributed by atoms with Gasteiger partial charge in [-0.15, -0.1) is 106 Å². The molecule has 0 spiro atoms. The summed E-state index contributed by atoms with van der Waals surface area (Å²) in [6, 6.07) is 0. The standard InChI is InChI=1S/C21H40O8S12/c22-11-36-15-30-4-1-27-20(24)9-34-14-33-7-8-41(26)19-39-17-38-18-40-21(25)10-35-13-31-5-2-28-29-3-6-32-16-37-12-23/h22-23H,1-19H2. The summed E-state index contributed by atoms with van der Waals surface area (Å²) in [4.78, 5) is 33.8. The van der Waals surface area contributed by atoms with Crippen LogP contribution in [0.2, 0.25) is 0 Å². The molecule has 0 aliphatic heterocycles. The highest BCUT2D eigenvalue weighted by atomic mass is 32.3. The van der Waals surface area contributed by atoms with Gasteiger partial charge >= 0.3 is 5.97 Å². The van der Waals surface area contributed by atoms with Gasteiger partial charge in [-0.25, -0.2) is 9.78 Å². The second kappa shape index (κ2) is 37.4. The minimum Gasteiger partial charge on any atom is -0.464 e. The van der Waals surface area contributed by atoms with E-state index in [1.54, 1.807) is 82.3 Å². The van der Waals surface area contributed by atoms with Crippen molar-refractivity contribution in [1.29, 1.82) is 0 Å². The number of aliphatic hydroxyl groups excluding tert-OH is 2. The van der Waals surface area contributed by atoms with Gasteiger partial charge in [0.25, 0.3) is 0 Å². The van der Waals surface area contributed by atoms with Crippen molar-refractivity contribution in [2.45, 2.75) is 0 Å². The third kappa shape index (κ3) is 37.3. The van der Waals surface area contributed by atoms with Gasteiger partial charge in [-0.1, -0.05) is 11.8 Å². The van der Waals surface area contributed by atoms with Crippen LogP contribution in [0.25, 0.3) is 0 Å². The van der Waals surface area contributed by atoms with E-state index in [0.29, 0.717) is 47.2 Å². The van der Waals surface area contributed by atoms with Crippen LogP contribution in [-0.2, 0) is 34.9 Å². The molecule has 0 saturated carbocycles. The Balaban J connectivity index is 3.33. The van der Waals surface area contributed by atoms with Crippen molar-refractivity contribution in [2.24, 2.45) is 0 Å². The van der Waals surface area contributed by atoms with Crippen molar-refractivity contribution in [3.8, 4) is 0 Å². The van der Waals surface area contributed by atoms with E-state index in [0.717, 1.165) is 48.4 Å². The summed E-state index contributed by atoms with van der Waals surface area (Å²) in [5.74, 6) is 4.70. The van der Waals surface area contributed by atoms with Crippen molar-refractivity contribution in [3.63, 3.8) is 0 Å². The van der Waals surface area contributed by atoms with Crippen molar-refractivity contribution in [1.82, 2.24) is 0 Å². The summed E-state index contributed by atoms with van der Waals surface area (Å²) < 4.78 is 17.3. The molecule has 0 aliphatic carbocycles. The SMILES string of the molecule is O=C(CSCSCCS(=O)CSCSCSC(=O)CSCSCCOOCCSCSCO)OCCSCSCO. The molecule has 0 radical (unpaired) electrons. The number of hydrogen-bond donors (Lipinski definition) is 2. The molecule has 0 aromatic rings. The summed E-state index contributed by atoms with van der Waals surface area (Å²) in [7, 11) is -0.866. The van der Waals surface area contributed by atoms with Gasteiger partial charge in [0.15, 0.2) is 5.12 Å². The molecule has 244 valence electrons. The maximum atomic E-state index is 12.1. The Morgan fingerprint density at radius 1 is 0.585 bits per heavy atom. The summed E-state index contributed by atoms with van der Waals surface area (Å²) in [5.41, 5.74) is 0. The molecular weight excluding hydrogens is 765 g/mol. The molecule has 41 heavy (non-hydrogen) atoms. The number of hydrogen-bond acceptors (Lipinski definition) is 19.